The lowest BCUT2D eigenvalue weighted by molar-refractivity contribution is -0.143. The van der Waals surface area contributed by atoms with Crippen LogP contribution in [0.15, 0.2) is 24.8 Å². The number of nitrogens with zero attached hydrogens (tertiary/aromatic N) is 1. The first-order valence-corrected chi connectivity index (χ1v) is 11.9. The summed E-state index contributed by atoms with van der Waals surface area (Å²) >= 11 is 0. The highest BCUT2D eigenvalue weighted by molar-refractivity contribution is 5.92. The molecule has 5 N–H and O–H groups in total. The summed E-state index contributed by atoms with van der Waals surface area (Å²) in [5.74, 6) is -1.16. The van der Waals surface area contributed by atoms with Gasteiger partial charge in [0.2, 0.25) is 17.7 Å². The molecule has 0 radical (unpaired) electrons. The molecule has 7 heteroatoms. The number of carbonyl (C=O) groups excluding carboxylic acids is 3. The van der Waals surface area contributed by atoms with Gasteiger partial charge in [0.1, 0.15) is 12.1 Å². The third-order valence-electron chi connectivity index (χ3n) is 4.13. The molecule has 0 aliphatic carbocycles. The van der Waals surface area contributed by atoms with Crippen LogP contribution in [0.1, 0.15) is 94.4 Å². The number of hydrogen-bond acceptors (Lipinski definition) is 4. The van der Waals surface area contributed by atoms with Gasteiger partial charge in [-0.15, -0.1) is 6.58 Å². The summed E-state index contributed by atoms with van der Waals surface area (Å²) in [6, 6.07) is -1.32. The predicted molar refractivity (Wildman–Crippen MR) is 138 cm³/mol. The van der Waals surface area contributed by atoms with Crippen molar-refractivity contribution in [2.75, 3.05) is 6.54 Å². The number of nitrogens with one attached hydrogen (secondary N) is 1. The number of primary amides is 1. The predicted octanol–water partition coefficient (Wildman–Crippen LogP) is 4.31. The van der Waals surface area contributed by atoms with Gasteiger partial charge in [-0.05, 0) is 53.4 Å². The Morgan fingerprint density at radius 2 is 1.59 bits per heavy atom. The van der Waals surface area contributed by atoms with Crippen LogP contribution in [-0.2, 0) is 14.4 Å². The SMILES string of the molecule is C/C=C/C.C=CC.CC.CCC.CCC1CCCC(NC(=O)CN)C(=O)N1C(C)C(N)=O. The zero-order chi connectivity index (χ0) is 26.1. The Bertz CT molecular complexity index is 503. The highest BCUT2D eigenvalue weighted by Gasteiger charge is 2.37. The Morgan fingerprint density at radius 1 is 1.16 bits per heavy atom. The van der Waals surface area contributed by atoms with E-state index >= 15 is 0 Å². The van der Waals surface area contributed by atoms with Gasteiger partial charge in [-0.25, -0.2) is 0 Å². The maximum absolute atomic E-state index is 12.6. The molecule has 32 heavy (non-hydrogen) atoms. The van der Waals surface area contributed by atoms with E-state index in [1.54, 1.807) is 13.0 Å². The molecule has 0 aromatic carbocycles. The van der Waals surface area contributed by atoms with Crippen molar-refractivity contribution < 1.29 is 14.4 Å². The van der Waals surface area contributed by atoms with Gasteiger partial charge in [0.25, 0.3) is 0 Å². The Hall–Kier alpha value is -2.15. The van der Waals surface area contributed by atoms with E-state index in [0.717, 1.165) is 19.3 Å². The minimum atomic E-state index is -0.678. The van der Waals surface area contributed by atoms with E-state index in [4.69, 9.17) is 11.5 Å². The number of nitrogens with two attached hydrogens (primary N) is 2. The second kappa shape index (κ2) is 26.9. The van der Waals surface area contributed by atoms with Crippen molar-refractivity contribution in [2.24, 2.45) is 11.5 Å². The first-order valence-electron chi connectivity index (χ1n) is 11.9. The fourth-order valence-electron chi connectivity index (χ4n) is 2.61. The first kappa shape index (κ1) is 37.2. The van der Waals surface area contributed by atoms with E-state index in [1.807, 2.05) is 53.7 Å². The Kier molecular flexibility index (Phi) is 31.2. The second-order valence-electron chi connectivity index (χ2n) is 6.92. The van der Waals surface area contributed by atoms with E-state index in [-0.39, 0.29) is 24.4 Å². The molecule has 1 saturated heterocycles. The van der Waals surface area contributed by atoms with Crippen LogP contribution in [0.2, 0.25) is 0 Å². The maximum atomic E-state index is 12.6. The summed E-state index contributed by atoms with van der Waals surface area (Å²) in [6.07, 6.45) is 9.92. The standard InChI is InChI=1S/C13H24N4O3.C4H8.C3H8.C3H6.C2H6/c1-3-9-5-4-6-10(16-11(18)7-14)13(20)17(9)8(2)12(15)19;1-3-4-2;2*1-3-2;1-2/h8-10H,3-7,14H2,1-2H3,(H2,15,19)(H,16,18);3-4H,1-2H3;3H2,1-2H3;3H,1H2,2H3;1-2H3/b;4-3+;;;. The monoisotopic (exact) mass is 456 g/mol. The number of carbonyl (C=O) groups is 3. The Balaban J connectivity index is -0.000000272. The molecule has 1 aliphatic heterocycles. The molecule has 1 rings (SSSR count). The van der Waals surface area contributed by atoms with Gasteiger partial charge in [0, 0.05) is 6.04 Å². The van der Waals surface area contributed by atoms with E-state index in [9.17, 15) is 14.4 Å². The van der Waals surface area contributed by atoms with Crippen molar-refractivity contribution >= 4 is 17.7 Å². The lowest BCUT2D eigenvalue weighted by atomic mass is 10.1. The normalized spacial score (nSPS) is 17.9. The molecule has 1 fully saturated rings. The van der Waals surface area contributed by atoms with Crippen LogP contribution in [0.5, 0.6) is 0 Å². The second-order valence-corrected chi connectivity index (χ2v) is 6.92. The lowest BCUT2D eigenvalue weighted by Gasteiger charge is -2.34. The number of amides is 3. The van der Waals surface area contributed by atoms with E-state index in [0.29, 0.717) is 6.42 Å². The van der Waals surface area contributed by atoms with Gasteiger partial charge in [-0.3, -0.25) is 14.4 Å². The fraction of sp³-hybridized carbons (Fsp3) is 0.720. The molecule has 0 bridgehead atoms. The zero-order valence-corrected chi connectivity index (χ0v) is 22.2. The van der Waals surface area contributed by atoms with Crippen molar-refractivity contribution in [3.8, 4) is 0 Å². The van der Waals surface area contributed by atoms with Crippen LogP contribution in [0.25, 0.3) is 0 Å². The largest absolute Gasteiger partial charge is 0.368 e. The third-order valence-corrected chi connectivity index (χ3v) is 4.13. The minimum Gasteiger partial charge on any atom is -0.368 e. The van der Waals surface area contributed by atoms with Gasteiger partial charge < -0.3 is 21.7 Å². The van der Waals surface area contributed by atoms with Crippen molar-refractivity contribution in [3.05, 3.63) is 24.8 Å². The Labute approximate surface area is 198 Å². The maximum Gasteiger partial charge on any atom is 0.246 e. The van der Waals surface area contributed by atoms with Gasteiger partial charge in [0.05, 0.1) is 6.54 Å². The molecule has 0 spiro atoms. The average Bonchev–Trinajstić information content (AvgIpc) is 2.94. The summed E-state index contributed by atoms with van der Waals surface area (Å²) in [4.78, 5) is 36.9. The number of hydrogen-bond donors (Lipinski definition) is 3. The van der Waals surface area contributed by atoms with Crippen LogP contribution >= 0.6 is 0 Å². The molecule has 1 heterocycles. The molecule has 0 aromatic rings. The molecule has 3 amide bonds. The van der Waals surface area contributed by atoms with Gasteiger partial charge in [-0.2, -0.15) is 0 Å². The summed E-state index contributed by atoms with van der Waals surface area (Å²) in [5, 5.41) is 2.62. The molecule has 3 unspecified atom stereocenters. The van der Waals surface area contributed by atoms with Crippen LogP contribution in [0, 0.1) is 0 Å². The average molecular weight is 457 g/mol. The summed E-state index contributed by atoms with van der Waals surface area (Å²) < 4.78 is 0. The molecule has 7 nitrogen and oxygen atoms in total. The molecule has 1 aliphatic rings. The number of rotatable bonds is 5. The van der Waals surface area contributed by atoms with Crippen LogP contribution < -0.4 is 16.8 Å². The van der Waals surface area contributed by atoms with Crippen molar-refractivity contribution in [3.63, 3.8) is 0 Å². The Morgan fingerprint density at radius 3 is 1.91 bits per heavy atom. The molecule has 3 atom stereocenters. The summed E-state index contributed by atoms with van der Waals surface area (Å²) in [7, 11) is 0. The molecular weight excluding hydrogens is 404 g/mol. The van der Waals surface area contributed by atoms with Crippen LogP contribution in [0.3, 0.4) is 0 Å². The van der Waals surface area contributed by atoms with E-state index < -0.39 is 18.0 Å². The topological polar surface area (TPSA) is 119 Å². The van der Waals surface area contributed by atoms with Gasteiger partial charge in [-0.1, -0.05) is 59.3 Å². The van der Waals surface area contributed by atoms with E-state index in [2.05, 4.69) is 25.7 Å². The number of likely N-dealkylation sites (tertiary alicyclic amines) is 1. The molecule has 0 saturated carbocycles. The first-order chi connectivity index (χ1) is 15.2. The minimum absolute atomic E-state index is 0.0234. The highest BCUT2D eigenvalue weighted by Crippen LogP contribution is 2.22. The fourth-order valence-corrected chi connectivity index (χ4v) is 2.61. The lowest BCUT2D eigenvalue weighted by Crippen LogP contribution is -2.56. The smallest absolute Gasteiger partial charge is 0.246 e. The molecule has 190 valence electrons. The summed E-state index contributed by atoms with van der Waals surface area (Å²) in [5.41, 5.74) is 10.6. The van der Waals surface area contributed by atoms with Crippen LogP contribution in [0.4, 0.5) is 0 Å². The van der Waals surface area contributed by atoms with E-state index in [1.165, 1.54) is 11.3 Å². The van der Waals surface area contributed by atoms with Gasteiger partial charge >= 0.3 is 0 Å². The van der Waals surface area contributed by atoms with Crippen molar-refractivity contribution in [2.45, 2.75) is 113 Å². The zero-order valence-electron chi connectivity index (χ0n) is 22.2. The van der Waals surface area contributed by atoms with Crippen LogP contribution in [-0.4, -0.2) is 47.3 Å². The van der Waals surface area contributed by atoms with Gasteiger partial charge in [0.15, 0.2) is 0 Å². The number of allylic oxidation sites excluding steroid dienone is 3. The summed E-state index contributed by atoms with van der Waals surface area (Å²) in [6.45, 7) is 20.9. The quantitative estimate of drug-likeness (QED) is 0.534. The third kappa shape index (κ3) is 18.6. The van der Waals surface area contributed by atoms with Crippen molar-refractivity contribution in [1.29, 1.82) is 0 Å². The van der Waals surface area contributed by atoms with Crippen molar-refractivity contribution in [1.82, 2.24) is 10.2 Å². The molecule has 0 aromatic heterocycles. The molecular formula is C25H52N4O3. The highest BCUT2D eigenvalue weighted by atomic mass is 16.2.